The van der Waals surface area contributed by atoms with Crippen molar-refractivity contribution in [2.45, 2.75) is 15.5 Å². The first-order valence-electron chi connectivity index (χ1n) is 2.44. The summed E-state index contributed by atoms with van der Waals surface area (Å²) in [6, 6.07) is 0. The predicted molar refractivity (Wildman–Crippen MR) is 24.9 cm³/mol. The van der Waals surface area contributed by atoms with Gasteiger partial charge in [-0.15, -0.1) is 0 Å². The van der Waals surface area contributed by atoms with Gasteiger partial charge in [-0.2, -0.15) is 0 Å². The second-order valence-electron chi connectivity index (χ2n) is 1.93. The van der Waals surface area contributed by atoms with Crippen LogP contribution in [0.5, 0.6) is 0 Å². The van der Waals surface area contributed by atoms with Gasteiger partial charge in [0, 0.05) is 0 Å². The van der Waals surface area contributed by atoms with Crippen LogP contribution in [-0.2, 0) is 22.1 Å². The quantitative estimate of drug-likeness (QED) is 0.426. The van der Waals surface area contributed by atoms with Crippen LogP contribution in [-0.4, -0.2) is 15.5 Å². The van der Waals surface area contributed by atoms with Crippen molar-refractivity contribution in [2.24, 2.45) is 0 Å². The molecule has 0 nitrogen and oxygen atoms in total. The van der Waals surface area contributed by atoms with Crippen LogP contribution in [0.1, 0.15) is 0 Å². The molecule has 9 heteroatoms. The molecule has 0 N–H and O–H groups in total. The monoisotopic (exact) mass is 450 g/mol. The van der Waals surface area contributed by atoms with E-state index in [-0.39, 0.29) is 0 Å². The van der Waals surface area contributed by atoms with Crippen molar-refractivity contribution in [3.63, 3.8) is 0 Å². The van der Waals surface area contributed by atoms with Crippen LogP contribution in [0.25, 0.3) is 0 Å². The molecule has 0 aliphatic carbocycles. The summed E-state index contributed by atoms with van der Waals surface area (Å²) < 4.78 is 76.6. The Bertz CT molecular complexity index is 145. The average Bonchev–Trinajstić information content (AvgIpc) is 1.81. The van der Waals surface area contributed by atoms with Crippen LogP contribution in [0.15, 0.2) is 0 Å². The van der Waals surface area contributed by atoms with E-state index in [1.807, 2.05) is 0 Å². The van der Waals surface area contributed by atoms with Crippen molar-refractivity contribution in [1.29, 1.82) is 0 Å². The molecule has 0 fully saturated rings. The molecule has 12 heavy (non-hydrogen) atoms. The minimum atomic E-state index is -5.85. The Morgan fingerprint density at radius 1 is 0.750 bits per heavy atom. The number of hydrogen-bond acceptors (Lipinski definition) is 0. The molecule has 0 aromatic carbocycles. The van der Waals surface area contributed by atoms with Crippen LogP contribution >= 0.6 is 11.9 Å². The molecule has 0 aliphatic heterocycles. The summed E-state index contributed by atoms with van der Waals surface area (Å²) in [7, 11) is 0. The van der Waals surface area contributed by atoms with Crippen molar-refractivity contribution in [1.82, 2.24) is 0 Å². The van der Waals surface area contributed by atoms with Crippen LogP contribution in [0.3, 0.4) is 0 Å². The van der Waals surface area contributed by atoms with E-state index in [1.54, 1.807) is 0 Å². The molecule has 0 radical (unpaired) electrons. The van der Waals surface area contributed by atoms with E-state index >= 15 is 0 Å². The van der Waals surface area contributed by atoms with Gasteiger partial charge < -0.3 is 0 Å². The summed E-state index contributed by atoms with van der Waals surface area (Å²) in [5.41, 5.74) is 0. The summed E-state index contributed by atoms with van der Waals surface area (Å²) in [5, 5.41) is 0. The van der Waals surface area contributed by atoms with E-state index in [2.05, 4.69) is 11.9 Å². The summed E-state index contributed by atoms with van der Waals surface area (Å²) in [5.74, 6) is 0. The summed E-state index contributed by atoms with van der Waals surface area (Å²) in [6.45, 7) is 0. The van der Waals surface area contributed by atoms with Gasteiger partial charge in [-0.25, -0.2) is 0 Å². The first-order valence-corrected chi connectivity index (χ1v) is 17.1. The number of hydrogen-bond donors (Lipinski definition) is 0. The molecule has 0 spiro atoms. The van der Waals surface area contributed by atoms with Crippen LogP contribution in [0, 0.1) is 0 Å². The molecule has 0 amide bonds. The number of halogens is 8. The fraction of sp³-hybridized carbons (Fsp3) is 1.00. The predicted octanol–water partition coefficient (Wildman–Crippen LogP) is 3.17. The van der Waals surface area contributed by atoms with Crippen molar-refractivity contribution in [3.05, 3.63) is 0 Å². The average molecular weight is 450 g/mol. The second-order valence-corrected chi connectivity index (χ2v) is 11.7. The SMILES string of the molecule is FC(F)(F)[C](F)([Hg][Br])C(F)(F)F. The maximum atomic E-state index is 12.3. The summed E-state index contributed by atoms with van der Waals surface area (Å²) >= 11 is -1.77. The molecule has 0 unspecified atom stereocenters. The topological polar surface area (TPSA) is 0 Å². The first kappa shape index (κ1) is 12.9. The van der Waals surface area contributed by atoms with Crippen molar-refractivity contribution in [3.8, 4) is 0 Å². The third kappa shape index (κ3) is 2.24. The summed E-state index contributed by atoms with van der Waals surface area (Å²) in [4.78, 5) is 0. The van der Waals surface area contributed by atoms with Crippen LogP contribution < -0.4 is 0 Å². The van der Waals surface area contributed by atoms with Gasteiger partial charge in [0.15, 0.2) is 0 Å². The molecule has 0 rings (SSSR count). The molecule has 0 aliphatic rings. The van der Waals surface area contributed by atoms with E-state index in [0.717, 1.165) is 0 Å². The van der Waals surface area contributed by atoms with E-state index in [1.165, 1.54) is 0 Å². The molecular weight excluding hydrogens is 450 g/mol. The second kappa shape index (κ2) is 3.59. The molecule has 0 aromatic rings. The van der Waals surface area contributed by atoms with Crippen molar-refractivity contribution in [2.75, 3.05) is 0 Å². The Hall–Kier alpha value is 0.925. The zero-order valence-corrected chi connectivity index (χ0v) is 12.3. The standard InChI is InChI=1S/C3F7.BrH.Hg/c4-1(2(5,6)7)3(8,9)10;;/h;1H;/q;;+1/p-1. The number of alkyl halides is 7. The van der Waals surface area contributed by atoms with Crippen LogP contribution in [0.4, 0.5) is 30.7 Å². The zero-order valence-electron chi connectivity index (χ0n) is 5.23. The number of rotatable bonds is 1. The van der Waals surface area contributed by atoms with Gasteiger partial charge in [-0.1, -0.05) is 0 Å². The molecule has 0 aromatic heterocycles. The Kier molecular flexibility index (Phi) is 3.86. The van der Waals surface area contributed by atoms with Gasteiger partial charge in [0.2, 0.25) is 0 Å². The third-order valence-electron chi connectivity index (χ3n) is 1.08. The van der Waals surface area contributed by atoms with E-state index in [4.69, 9.17) is 0 Å². The molecule has 0 saturated carbocycles. The normalized spacial score (nSPS) is 14.3. The molecule has 0 bridgehead atoms. The van der Waals surface area contributed by atoms with Crippen LogP contribution in [0.2, 0.25) is 0 Å². The van der Waals surface area contributed by atoms with Gasteiger partial charge in [-0.05, 0) is 0 Å². The fourth-order valence-corrected chi connectivity index (χ4v) is 7.07. The Morgan fingerprint density at radius 2 is 1.00 bits per heavy atom. The Morgan fingerprint density at radius 3 is 1.00 bits per heavy atom. The maximum absolute atomic E-state index is 12.3. The molecule has 0 atom stereocenters. The first-order chi connectivity index (χ1) is 5.06. The Balaban J connectivity index is 4.95. The van der Waals surface area contributed by atoms with E-state index in [0.29, 0.717) is 0 Å². The van der Waals surface area contributed by atoms with Gasteiger partial charge >= 0.3 is 80.3 Å². The molecule has 70 valence electrons. The van der Waals surface area contributed by atoms with Crippen molar-refractivity contribution >= 4 is 11.9 Å². The minimum absolute atomic E-state index is 2.05. The third-order valence-corrected chi connectivity index (χ3v) is 12.4. The zero-order chi connectivity index (χ0) is 10.2. The van der Waals surface area contributed by atoms with E-state index < -0.39 is 37.7 Å². The fourth-order valence-electron chi connectivity index (χ4n) is 0.312. The molecular formula is C3BrF7Hg. The summed E-state index contributed by atoms with van der Waals surface area (Å²) in [6.07, 6.45) is -11.7. The van der Waals surface area contributed by atoms with Gasteiger partial charge in [0.1, 0.15) is 0 Å². The molecule has 0 saturated heterocycles. The van der Waals surface area contributed by atoms with Gasteiger partial charge in [0.25, 0.3) is 0 Å². The van der Waals surface area contributed by atoms with Gasteiger partial charge in [0.05, 0.1) is 0 Å². The Labute approximate surface area is 80.2 Å². The van der Waals surface area contributed by atoms with E-state index in [9.17, 15) is 30.7 Å². The van der Waals surface area contributed by atoms with Crippen molar-refractivity contribution < 1.29 is 52.9 Å². The van der Waals surface area contributed by atoms with Gasteiger partial charge in [-0.3, -0.25) is 0 Å². The molecule has 0 heterocycles.